The Morgan fingerprint density at radius 2 is 1.56 bits per heavy atom. The molecule has 0 radical (unpaired) electrons. The van der Waals surface area contributed by atoms with Gasteiger partial charge in [0.2, 0.25) is 0 Å². The van der Waals surface area contributed by atoms with Gasteiger partial charge in [-0.15, -0.1) is 0 Å². The topological polar surface area (TPSA) is 99.1 Å². The number of aliphatic hydroxyl groups is 1. The van der Waals surface area contributed by atoms with Crippen LogP contribution in [0, 0.1) is 17.3 Å². The maximum atomic E-state index is 12.8. The summed E-state index contributed by atoms with van der Waals surface area (Å²) in [5.41, 5.74) is -0.608. The van der Waals surface area contributed by atoms with Crippen molar-refractivity contribution in [2.75, 3.05) is 0 Å². The average molecular weight is 477 g/mol. The molecule has 0 saturated heterocycles. The Morgan fingerprint density at radius 1 is 1.03 bits per heavy atom. The van der Waals surface area contributed by atoms with Crippen LogP contribution >= 0.6 is 0 Å². The first kappa shape index (κ1) is 27.8. The van der Waals surface area contributed by atoms with Gasteiger partial charge in [-0.1, -0.05) is 38.5 Å². The van der Waals surface area contributed by atoms with Gasteiger partial charge in [0.25, 0.3) is 0 Å². The molecule has 1 fully saturated rings. The lowest BCUT2D eigenvalue weighted by atomic mass is 9.66. The van der Waals surface area contributed by atoms with Crippen LogP contribution in [0.4, 0.5) is 0 Å². The van der Waals surface area contributed by atoms with Crippen LogP contribution in [0.25, 0.3) is 0 Å². The predicted molar refractivity (Wildman–Crippen MR) is 129 cm³/mol. The van der Waals surface area contributed by atoms with E-state index in [9.17, 15) is 19.5 Å². The van der Waals surface area contributed by atoms with Crippen molar-refractivity contribution >= 4 is 17.9 Å². The molecule has 1 saturated carbocycles. The van der Waals surface area contributed by atoms with Crippen molar-refractivity contribution in [1.82, 2.24) is 0 Å². The largest absolute Gasteiger partial charge is 0.462 e. The van der Waals surface area contributed by atoms with Crippen molar-refractivity contribution in [1.29, 1.82) is 0 Å². The molecule has 0 heterocycles. The lowest BCUT2D eigenvalue weighted by Gasteiger charge is -2.45. The van der Waals surface area contributed by atoms with Crippen molar-refractivity contribution in [2.24, 2.45) is 17.3 Å². The quantitative estimate of drug-likeness (QED) is 0.262. The normalized spacial score (nSPS) is 34.1. The minimum absolute atomic E-state index is 0.144. The molecule has 0 aromatic heterocycles. The predicted octanol–water partition coefficient (Wildman–Crippen LogP) is 4.44. The van der Waals surface area contributed by atoms with Gasteiger partial charge in [-0.05, 0) is 46.6 Å². The van der Waals surface area contributed by atoms with Gasteiger partial charge in [0.1, 0.15) is 18.3 Å². The molecule has 7 heteroatoms. The number of ether oxygens (including phenoxy) is 3. The molecule has 2 aliphatic rings. The SMILES string of the molecule is C/C=C(/C)C(=O)O[C@H]1CC(C)=C[C@@H](OC(=O)/C(C)=C\C)[C@]2(C)[C@@H]1[C@](O)(C(C)C)C[C@H]2OC(C)=O. The van der Waals surface area contributed by atoms with Crippen LogP contribution in [0.15, 0.2) is 34.9 Å². The molecule has 0 amide bonds. The van der Waals surface area contributed by atoms with E-state index in [2.05, 4.69) is 0 Å². The number of allylic oxidation sites excluding steroid dienone is 2. The number of hydrogen-bond acceptors (Lipinski definition) is 7. The molecule has 2 rings (SSSR count). The molecule has 0 aromatic rings. The van der Waals surface area contributed by atoms with Crippen LogP contribution in [0.2, 0.25) is 0 Å². The van der Waals surface area contributed by atoms with Crippen LogP contribution in [0.3, 0.4) is 0 Å². The number of rotatable bonds is 6. The molecule has 6 atom stereocenters. The molecule has 0 aliphatic heterocycles. The van der Waals surface area contributed by atoms with Crippen LogP contribution in [0.1, 0.15) is 75.2 Å². The number of carbonyl (C=O) groups is 3. The third-order valence-corrected chi connectivity index (χ3v) is 7.67. The Balaban J connectivity index is 2.72. The van der Waals surface area contributed by atoms with E-state index in [4.69, 9.17) is 14.2 Å². The third-order valence-electron chi connectivity index (χ3n) is 7.67. The van der Waals surface area contributed by atoms with E-state index in [0.29, 0.717) is 17.6 Å². The summed E-state index contributed by atoms with van der Waals surface area (Å²) in [5, 5.41) is 12.0. The molecule has 0 aromatic carbocycles. The minimum atomic E-state index is -1.33. The summed E-state index contributed by atoms with van der Waals surface area (Å²) in [7, 11) is 0. The Bertz CT molecular complexity index is 912. The summed E-state index contributed by atoms with van der Waals surface area (Å²) in [4.78, 5) is 37.7. The van der Waals surface area contributed by atoms with Gasteiger partial charge in [-0.25, -0.2) is 9.59 Å². The first-order chi connectivity index (χ1) is 15.7. The average Bonchev–Trinajstić information content (AvgIpc) is 2.92. The van der Waals surface area contributed by atoms with E-state index in [-0.39, 0.29) is 12.3 Å². The van der Waals surface area contributed by atoms with E-state index >= 15 is 0 Å². The second kappa shape index (κ2) is 10.5. The van der Waals surface area contributed by atoms with Crippen LogP contribution in [0.5, 0.6) is 0 Å². The van der Waals surface area contributed by atoms with E-state index < -0.39 is 53.2 Å². The highest BCUT2D eigenvalue weighted by molar-refractivity contribution is 5.88. The van der Waals surface area contributed by atoms with E-state index in [1.165, 1.54) is 6.92 Å². The highest BCUT2D eigenvalue weighted by atomic mass is 16.6. The molecule has 0 bridgehead atoms. The molecule has 2 aliphatic carbocycles. The lowest BCUT2D eigenvalue weighted by molar-refractivity contribution is -0.181. The van der Waals surface area contributed by atoms with Crippen molar-refractivity contribution in [3.63, 3.8) is 0 Å². The summed E-state index contributed by atoms with van der Waals surface area (Å²) in [6.07, 6.45) is 3.43. The molecular formula is C27H40O7. The molecular weight excluding hydrogens is 436 g/mol. The fourth-order valence-corrected chi connectivity index (χ4v) is 5.32. The summed E-state index contributed by atoms with van der Waals surface area (Å²) < 4.78 is 17.7. The first-order valence-corrected chi connectivity index (χ1v) is 12.0. The molecule has 0 unspecified atom stereocenters. The lowest BCUT2D eigenvalue weighted by Crippen LogP contribution is -2.55. The Kier molecular flexibility index (Phi) is 8.57. The Labute approximate surface area is 203 Å². The van der Waals surface area contributed by atoms with Crippen molar-refractivity contribution in [3.05, 3.63) is 34.9 Å². The Morgan fingerprint density at radius 3 is 2.03 bits per heavy atom. The fraction of sp³-hybridized carbons (Fsp3) is 0.667. The summed E-state index contributed by atoms with van der Waals surface area (Å²) in [5.74, 6) is -2.34. The number of carbonyl (C=O) groups excluding carboxylic acids is 3. The smallest absolute Gasteiger partial charge is 0.333 e. The zero-order chi connectivity index (χ0) is 26.0. The highest BCUT2D eigenvalue weighted by Crippen LogP contribution is 2.60. The molecule has 0 spiro atoms. The molecule has 7 nitrogen and oxygen atoms in total. The van der Waals surface area contributed by atoms with E-state index in [1.54, 1.807) is 39.8 Å². The minimum Gasteiger partial charge on any atom is -0.462 e. The van der Waals surface area contributed by atoms with Crippen molar-refractivity contribution < 1.29 is 33.7 Å². The van der Waals surface area contributed by atoms with Crippen LogP contribution in [-0.4, -0.2) is 46.9 Å². The number of hydrogen-bond donors (Lipinski definition) is 1. The number of esters is 3. The van der Waals surface area contributed by atoms with Crippen molar-refractivity contribution in [3.8, 4) is 0 Å². The summed E-state index contributed by atoms with van der Waals surface area (Å²) in [6, 6.07) is 0. The van der Waals surface area contributed by atoms with Gasteiger partial charge >= 0.3 is 17.9 Å². The molecule has 1 N–H and O–H groups in total. The van der Waals surface area contributed by atoms with Gasteiger partial charge in [0.15, 0.2) is 0 Å². The van der Waals surface area contributed by atoms with E-state index in [1.807, 2.05) is 33.8 Å². The zero-order valence-electron chi connectivity index (χ0n) is 21.9. The maximum Gasteiger partial charge on any atom is 0.333 e. The fourth-order valence-electron chi connectivity index (χ4n) is 5.32. The Hall–Kier alpha value is -2.41. The molecule has 34 heavy (non-hydrogen) atoms. The summed E-state index contributed by atoms with van der Waals surface area (Å²) in [6.45, 7) is 15.7. The summed E-state index contributed by atoms with van der Waals surface area (Å²) >= 11 is 0. The van der Waals surface area contributed by atoms with Gasteiger partial charge in [-0.3, -0.25) is 4.79 Å². The zero-order valence-corrected chi connectivity index (χ0v) is 21.9. The monoisotopic (exact) mass is 476 g/mol. The molecule has 190 valence electrons. The maximum absolute atomic E-state index is 12.8. The van der Waals surface area contributed by atoms with Crippen LogP contribution in [-0.2, 0) is 28.6 Å². The second-order valence-corrected chi connectivity index (χ2v) is 10.2. The van der Waals surface area contributed by atoms with E-state index in [0.717, 1.165) is 5.57 Å². The second-order valence-electron chi connectivity index (χ2n) is 10.2. The van der Waals surface area contributed by atoms with Gasteiger partial charge < -0.3 is 19.3 Å². The van der Waals surface area contributed by atoms with Gasteiger partial charge in [-0.2, -0.15) is 0 Å². The first-order valence-electron chi connectivity index (χ1n) is 12.0. The third kappa shape index (κ3) is 5.14. The highest BCUT2D eigenvalue weighted by Gasteiger charge is 2.69. The van der Waals surface area contributed by atoms with Gasteiger partial charge in [0.05, 0.1) is 11.0 Å². The van der Waals surface area contributed by atoms with Gasteiger partial charge in [0, 0.05) is 36.8 Å². The standard InChI is InChI=1S/C27H40O7/c1-10-17(6)24(29)33-20-12-16(5)13-21(34-25(30)18(7)11-2)26(9)22(32-19(8)28)14-27(31,15(3)4)23(20)26/h10-11,13,15,20-23,31H,12,14H2,1-9H3/b17-10-,18-11-/t20-,21+,22+,23+,26-,27+/m0/s1. The van der Waals surface area contributed by atoms with Crippen molar-refractivity contribution in [2.45, 2.75) is 99.1 Å². The van der Waals surface area contributed by atoms with Crippen LogP contribution < -0.4 is 0 Å². The number of fused-ring (bicyclic) bond motifs is 1.